The summed E-state index contributed by atoms with van der Waals surface area (Å²) < 4.78 is 0. The number of nitriles is 1. The molecule has 13 rings (SSSR count). The van der Waals surface area contributed by atoms with Crippen molar-refractivity contribution in [2.75, 3.05) is 0 Å². The first-order valence-electron chi connectivity index (χ1n) is 22.7. The Balaban J connectivity index is 0.836. The average Bonchev–Trinajstić information content (AvgIpc) is 3.36. The van der Waals surface area contributed by atoms with Gasteiger partial charge in [0.05, 0.1) is 11.6 Å². The van der Waals surface area contributed by atoms with Crippen LogP contribution in [0.1, 0.15) is 55.2 Å². The summed E-state index contributed by atoms with van der Waals surface area (Å²) in [5.41, 5.74) is 14.3. The number of benzene rings is 8. The number of rotatable bonds is 8. The summed E-state index contributed by atoms with van der Waals surface area (Å²) in [6, 6.07) is 71.7. The third-order valence-corrected chi connectivity index (χ3v) is 14.8. The molecule has 0 radical (unpaired) electrons. The van der Waals surface area contributed by atoms with Crippen molar-refractivity contribution < 1.29 is 0 Å². The summed E-state index contributed by atoms with van der Waals surface area (Å²) in [6.07, 6.45) is 7.82. The Morgan fingerprint density at radius 1 is 0.375 bits per heavy atom. The van der Waals surface area contributed by atoms with Gasteiger partial charge in [0, 0.05) is 16.7 Å². The van der Waals surface area contributed by atoms with Gasteiger partial charge in [0.15, 0.2) is 17.5 Å². The van der Waals surface area contributed by atoms with Crippen LogP contribution in [0, 0.1) is 23.2 Å². The molecule has 4 bridgehead atoms. The maximum atomic E-state index is 9.20. The van der Waals surface area contributed by atoms with E-state index in [9.17, 15) is 5.26 Å². The highest BCUT2D eigenvalue weighted by atomic mass is 15.0. The third kappa shape index (κ3) is 6.71. The first kappa shape index (κ1) is 38.2. The Labute approximate surface area is 375 Å². The molecule has 0 saturated heterocycles. The number of hydrogen-bond acceptors (Lipinski definition) is 4. The van der Waals surface area contributed by atoms with Gasteiger partial charge in [0.2, 0.25) is 0 Å². The van der Waals surface area contributed by atoms with Crippen LogP contribution < -0.4 is 0 Å². The average molecular weight is 823 g/mol. The Morgan fingerprint density at radius 2 is 0.766 bits per heavy atom. The molecule has 1 aromatic heterocycles. The van der Waals surface area contributed by atoms with Crippen LogP contribution in [0.25, 0.3) is 78.3 Å². The van der Waals surface area contributed by atoms with Crippen LogP contribution in [0.5, 0.6) is 0 Å². The van der Waals surface area contributed by atoms with Gasteiger partial charge in [-0.2, -0.15) is 5.26 Å². The van der Waals surface area contributed by atoms with E-state index in [1.165, 1.54) is 77.3 Å². The zero-order valence-electron chi connectivity index (χ0n) is 35.7. The van der Waals surface area contributed by atoms with E-state index in [1.807, 2.05) is 60.7 Å². The third-order valence-electron chi connectivity index (χ3n) is 14.8. The Bertz CT molecular complexity index is 3130. The van der Waals surface area contributed by atoms with Crippen LogP contribution in [0.2, 0.25) is 0 Å². The first-order chi connectivity index (χ1) is 31.5. The predicted octanol–water partition coefficient (Wildman–Crippen LogP) is 14.7. The van der Waals surface area contributed by atoms with Crippen molar-refractivity contribution in [3.8, 4) is 73.6 Å². The molecule has 0 amide bonds. The largest absolute Gasteiger partial charge is 0.208 e. The first-order valence-corrected chi connectivity index (χ1v) is 22.7. The standard InChI is InChI=1S/C60H46N4/c61-38-40-15-17-43(18-16-40)44-19-21-45(22-20-44)46-23-27-50(28-24-46)59-34-41-33-42(35-59)37-60(36-41,39-59)51-29-25-47(26-30-51)52-31-32-55(54-14-8-7-13-53(52)54)58-63-56(48-9-3-1-4-10-48)62-57(64-58)49-11-5-2-6-12-49/h1-32,41-42H,33-37,39H2. The quantitative estimate of drug-likeness (QED) is 0.153. The molecule has 306 valence electrons. The van der Waals surface area contributed by atoms with Gasteiger partial charge in [-0.1, -0.05) is 176 Å². The molecule has 1 heterocycles. The molecule has 2 atom stereocenters. The molecule has 4 aliphatic rings. The van der Waals surface area contributed by atoms with E-state index in [0.717, 1.165) is 45.0 Å². The second kappa shape index (κ2) is 15.4. The lowest BCUT2D eigenvalue weighted by Gasteiger charge is -2.63. The molecule has 4 nitrogen and oxygen atoms in total. The predicted molar refractivity (Wildman–Crippen MR) is 259 cm³/mol. The molecule has 4 aliphatic carbocycles. The fourth-order valence-corrected chi connectivity index (χ4v) is 12.2. The van der Waals surface area contributed by atoms with Crippen molar-refractivity contribution in [3.63, 3.8) is 0 Å². The van der Waals surface area contributed by atoms with Crippen LogP contribution in [-0.4, -0.2) is 15.0 Å². The maximum absolute atomic E-state index is 9.20. The number of aromatic nitrogens is 3. The van der Waals surface area contributed by atoms with Crippen molar-refractivity contribution >= 4 is 10.8 Å². The van der Waals surface area contributed by atoms with Crippen LogP contribution in [-0.2, 0) is 10.8 Å². The fraction of sp³-hybridized carbons (Fsp3) is 0.167. The monoisotopic (exact) mass is 822 g/mol. The van der Waals surface area contributed by atoms with Crippen LogP contribution >= 0.6 is 0 Å². The second-order valence-electron chi connectivity index (χ2n) is 18.7. The Hall–Kier alpha value is -7.48. The van der Waals surface area contributed by atoms with Gasteiger partial charge >= 0.3 is 0 Å². The normalized spacial score (nSPS) is 20.9. The van der Waals surface area contributed by atoms with Gasteiger partial charge in [-0.15, -0.1) is 0 Å². The second-order valence-corrected chi connectivity index (χ2v) is 18.7. The number of nitrogens with zero attached hydrogens (tertiary/aromatic N) is 4. The molecule has 64 heavy (non-hydrogen) atoms. The molecule has 0 spiro atoms. The zero-order chi connectivity index (χ0) is 42.7. The van der Waals surface area contributed by atoms with Gasteiger partial charge in [0.25, 0.3) is 0 Å². The number of hydrogen-bond donors (Lipinski definition) is 0. The summed E-state index contributed by atoms with van der Waals surface area (Å²) in [5, 5.41) is 11.5. The van der Waals surface area contributed by atoms with Crippen molar-refractivity contribution in [2.45, 2.75) is 49.4 Å². The zero-order valence-corrected chi connectivity index (χ0v) is 35.7. The summed E-state index contributed by atoms with van der Waals surface area (Å²) in [7, 11) is 0. The summed E-state index contributed by atoms with van der Waals surface area (Å²) >= 11 is 0. The molecule has 0 N–H and O–H groups in total. The van der Waals surface area contributed by atoms with Crippen LogP contribution in [0.15, 0.2) is 194 Å². The molecule has 4 fully saturated rings. The fourth-order valence-electron chi connectivity index (χ4n) is 12.2. The molecule has 0 aliphatic heterocycles. The van der Waals surface area contributed by atoms with Crippen LogP contribution in [0.3, 0.4) is 0 Å². The SMILES string of the molecule is N#Cc1ccc(-c2ccc(-c3ccc(C45CC6CC(C4)CC(c4ccc(-c7ccc(-c8nc(-c9ccccc9)nc(-c9ccccc9)n8)c8ccccc78)cc4)(C6)C5)cc3)cc2)cc1. The van der Waals surface area contributed by atoms with E-state index in [2.05, 4.69) is 140 Å². The minimum atomic E-state index is 0.208. The molecule has 9 aromatic rings. The van der Waals surface area contributed by atoms with Crippen molar-refractivity contribution in [2.24, 2.45) is 11.8 Å². The summed E-state index contributed by atoms with van der Waals surface area (Å²) in [5.74, 6) is 3.55. The smallest absolute Gasteiger partial charge is 0.164 e. The van der Waals surface area contributed by atoms with Crippen molar-refractivity contribution in [1.82, 2.24) is 15.0 Å². The van der Waals surface area contributed by atoms with Gasteiger partial charge < -0.3 is 0 Å². The van der Waals surface area contributed by atoms with E-state index in [1.54, 1.807) is 0 Å². The summed E-state index contributed by atoms with van der Waals surface area (Å²) in [4.78, 5) is 15.1. The van der Waals surface area contributed by atoms with Crippen LogP contribution in [0.4, 0.5) is 0 Å². The van der Waals surface area contributed by atoms with Gasteiger partial charge in [0.1, 0.15) is 0 Å². The molecule has 4 saturated carbocycles. The Kier molecular flexibility index (Phi) is 9.20. The van der Waals surface area contributed by atoms with E-state index in [4.69, 9.17) is 15.0 Å². The number of fused-ring (bicyclic) bond motifs is 1. The van der Waals surface area contributed by atoms with Crippen molar-refractivity contribution in [1.29, 1.82) is 5.26 Å². The van der Waals surface area contributed by atoms with E-state index >= 15 is 0 Å². The van der Waals surface area contributed by atoms with Gasteiger partial charge in [-0.25, -0.2) is 15.0 Å². The molecular formula is C60H46N4. The lowest BCUT2D eigenvalue weighted by atomic mass is 9.41. The van der Waals surface area contributed by atoms with E-state index < -0.39 is 0 Å². The van der Waals surface area contributed by atoms with E-state index in [0.29, 0.717) is 23.0 Å². The van der Waals surface area contributed by atoms with Gasteiger partial charge in [-0.3, -0.25) is 0 Å². The lowest BCUT2D eigenvalue weighted by Crippen LogP contribution is -2.55. The van der Waals surface area contributed by atoms with Gasteiger partial charge in [-0.05, 0) is 135 Å². The molecule has 8 aromatic carbocycles. The topological polar surface area (TPSA) is 62.5 Å². The van der Waals surface area contributed by atoms with Crippen molar-refractivity contribution in [3.05, 3.63) is 211 Å². The molecular weight excluding hydrogens is 777 g/mol. The maximum Gasteiger partial charge on any atom is 0.164 e. The highest BCUT2D eigenvalue weighted by Gasteiger charge is 2.58. The summed E-state index contributed by atoms with van der Waals surface area (Å²) in [6.45, 7) is 0. The lowest BCUT2D eigenvalue weighted by molar-refractivity contribution is -0.0281. The highest BCUT2D eigenvalue weighted by molar-refractivity contribution is 6.04. The minimum absolute atomic E-state index is 0.208. The highest BCUT2D eigenvalue weighted by Crippen LogP contribution is 2.66. The Morgan fingerprint density at radius 3 is 1.25 bits per heavy atom. The van der Waals surface area contributed by atoms with E-state index in [-0.39, 0.29) is 10.8 Å². The minimum Gasteiger partial charge on any atom is -0.208 e. The molecule has 4 heteroatoms. The molecule has 2 unspecified atom stereocenters.